The average Bonchev–Trinajstić information content (AvgIpc) is 2.74. The Labute approximate surface area is 180 Å². The molecule has 0 bridgehead atoms. The molecule has 3 aromatic carbocycles. The Morgan fingerprint density at radius 1 is 0.935 bits per heavy atom. The van der Waals surface area contributed by atoms with Crippen LogP contribution in [0.25, 0.3) is 0 Å². The zero-order chi connectivity index (χ0) is 22.3. The minimum absolute atomic E-state index is 0.0981. The first kappa shape index (κ1) is 22.5. The van der Waals surface area contributed by atoms with Crippen molar-refractivity contribution in [2.75, 3.05) is 6.61 Å². The molecular formula is C26H25F3O2. The van der Waals surface area contributed by atoms with E-state index in [2.05, 4.69) is 0 Å². The highest BCUT2D eigenvalue weighted by atomic mass is 19.3. The van der Waals surface area contributed by atoms with Crippen molar-refractivity contribution in [1.82, 2.24) is 0 Å². The van der Waals surface area contributed by atoms with Gasteiger partial charge in [0.15, 0.2) is 11.6 Å². The lowest BCUT2D eigenvalue weighted by Crippen LogP contribution is -2.20. The maximum absolute atomic E-state index is 14.3. The van der Waals surface area contributed by atoms with Crippen LogP contribution in [0.5, 0.6) is 17.2 Å². The first-order chi connectivity index (χ1) is 14.9. The van der Waals surface area contributed by atoms with Crippen LogP contribution in [-0.4, -0.2) is 12.5 Å². The average molecular weight is 426 g/mol. The Balaban J connectivity index is 1.74. The Hall–Kier alpha value is -3.21. The standard InChI is InChI=1S/C26H25F3O2/c1-3-30-21-15-13-20(14-16-21)23(26(2,28)29)11-7-8-19-12-17-24(27)25(18-19)31-22-9-5-4-6-10-22/h4-7,9-18,23H,3,8H2,1-2H3/b11-7+. The van der Waals surface area contributed by atoms with Crippen molar-refractivity contribution >= 4 is 0 Å². The molecule has 0 N–H and O–H groups in total. The molecule has 0 saturated heterocycles. The second-order valence-electron chi connectivity index (χ2n) is 7.25. The van der Waals surface area contributed by atoms with Crippen molar-refractivity contribution in [2.24, 2.45) is 0 Å². The molecule has 0 fully saturated rings. The summed E-state index contributed by atoms with van der Waals surface area (Å²) < 4.78 is 53.6. The second kappa shape index (κ2) is 10.2. The molecule has 3 rings (SSSR count). The molecule has 0 spiro atoms. The van der Waals surface area contributed by atoms with Gasteiger partial charge in [-0.15, -0.1) is 0 Å². The van der Waals surface area contributed by atoms with Gasteiger partial charge in [0.2, 0.25) is 0 Å². The predicted molar refractivity (Wildman–Crippen MR) is 117 cm³/mol. The van der Waals surface area contributed by atoms with Crippen LogP contribution in [0.3, 0.4) is 0 Å². The molecule has 0 aliphatic rings. The van der Waals surface area contributed by atoms with Crippen LogP contribution in [0.4, 0.5) is 13.2 Å². The van der Waals surface area contributed by atoms with Gasteiger partial charge in [-0.1, -0.05) is 48.6 Å². The molecule has 2 nitrogen and oxygen atoms in total. The monoisotopic (exact) mass is 426 g/mol. The summed E-state index contributed by atoms with van der Waals surface area (Å²) in [7, 11) is 0. The van der Waals surface area contributed by atoms with Crippen LogP contribution in [0.2, 0.25) is 0 Å². The van der Waals surface area contributed by atoms with Crippen molar-refractivity contribution in [1.29, 1.82) is 0 Å². The molecule has 0 radical (unpaired) electrons. The number of allylic oxidation sites excluding steroid dienone is 2. The van der Waals surface area contributed by atoms with Crippen molar-refractivity contribution < 1.29 is 22.6 Å². The fraction of sp³-hybridized carbons (Fsp3) is 0.231. The number of para-hydroxylation sites is 1. The zero-order valence-electron chi connectivity index (χ0n) is 17.5. The third-order valence-corrected chi connectivity index (χ3v) is 4.75. The van der Waals surface area contributed by atoms with E-state index in [1.165, 1.54) is 12.1 Å². The normalized spacial score (nSPS) is 12.7. The fourth-order valence-corrected chi connectivity index (χ4v) is 3.22. The molecule has 31 heavy (non-hydrogen) atoms. The van der Waals surface area contributed by atoms with E-state index in [0.29, 0.717) is 30.1 Å². The van der Waals surface area contributed by atoms with Crippen LogP contribution in [0.15, 0.2) is 84.9 Å². The number of ether oxygens (including phenoxy) is 2. The lowest BCUT2D eigenvalue weighted by Gasteiger charge is -2.21. The minimum atomic E-state index is -2.94. The molecular weight excluding hydrogens is 401 g/mol. The molecule has 0 amide bonds. The summed E-state index contributed by atoms with van der Waals surface area (Å²) in [5.41, 5.74) is 1.26. The lowest BCUT2D eigenvalue weighted by atomic mass is 9.92. The van der Waals surface area contributed by atoms with E-state index in [-0.39, 0.29) is 5.75 Å². The van der Waals surface area contributed by atoms with E-state index in [4.69, 9.17) is 9.47 Å². The number of benzene rings is 3. The van der Waals surface area contributed by atoms with Gasteiger partial charge in [-0.2, -0.15) is 0 Å². The minimum Gasteiger partial charge on any atom is -0.494 e. The van der Waals surface area contributed by atoms with Crippen LogP contribution in [0.1, 0.15) is 30.9 Å². The summed E-state index contributed by atoms with van der Waals surface area (Å²) in [6.07, 6.45) is 3.55. The first-order valence-electron chi connectivity index (χ1n) is 10.2. The molecule has 1 atom stereocenters. The van der Waals surface area contributed by atoms with Crippen LogP contribution >= 0.6 is 0 Å². The smallest absolute Gasteiger partial charge is 0.255 e. The summed E-state index contributed by atoms with van der Waals surface area (Å²) >= 11 is 0. The Kier molecular flexibility index (Phi) is 7.40. The van der Waals surface area contributed by atoms with Gasteiger partial charge in [0, 0.05) is 6.92 Å². The fourth-order valence-electron chi connectivity index (χ4n) is 3.22. The van der Waals surface area contributed by atoms with E-state index in [1.54, 1.807) is 66.7 Å². The molecule has 5 heteroatoms. The van der Waals surface area contributed by atoms with E-state index in [1.807, 2.05) is 13.0 Å². The highest BCUT2D eigenvalue weighted by molar-refractivity contribution is 5.37. The first-order valence-corrected chi connectivity index (χ1v) is 10.2. The third kappa shape index (κ3) is 6.38. The topological polar surface area (TPSA) is 18.5 Å². The van der Waals surface area contributed by atoms with Gasteiger partial charge in [-0.3, -0.25) is 0 Å². The van der Waals surface area contributed by atoms with Gasteiger partial charge in [-0.25, -0.2) is 13.2 Å². The Morgan fingerprint density at radius 3 is 2.29 bits per heavy atom. The van der Waals surface area contributed by atoms with E-state index < -0.39 is 17.7 Å². The Morgan fingerprint density at radius 2 is 1.65 bits per heavy atom. The number of hydrogen-bond donors (Lipinski definition) is 0. The summed E-state index contributed by atoms with van der Waals surface area (Å²) in [4.78, 5) is 0. The van der Waals surface area contributed by atoms with Crippen molar-refractivity contribution in [2.45, 2.75) is 32.1 Å². The highest BCUT2D eigenvalue weighted by Crippen LogP contribution is 2.35. The van der Waals surface area contributed by atoms with Gasteiger partial charge in [0.25, 0.3) is 5.92 Å². The number of rotatable bonds is 9. The lowest BCUT2D eigenvalue weighted by molar-refractivity contribution is 0.00668. The summed E-state index contributed by atoms with van der Waals surface area (Å²) in [5.74, 6) is -3.23. The van der Waals surface area contributed by atoms with Gasteiger partial charge in [0.05, 0.1) is 12.5 Å². The van der Waals surface area contributed by atoms with Gasteiger partial charge >= 0.3 is 0 Å². The largest absolute Gasteiger partial charge is 0.494 e. The SMILES string of the molecule is CCOc1ccc(C(/C=C/Cc2ccc(F)c(Oc3ccccc3)c2)C(C)(F)F)cc1. The molecule has 162 valence electrons. The molecule has 0 aliphatic heterocycles. The maximum Gasteiger partial charge on any atom is 0.255 e. The summed E-state index contributed by atoms with van der Waals surface area (Å²) in [5, 5.41) is 0. The van der Waals surface area contributed by atoms with Gasteiger partial charge in [0.1, 0.15) is 11.5 Å². The van der Waals surface area contributed by atoms with E-state index in [9.17, 15) is 13.2 Å². The summed E-state index contributed by atoms with van der Waals surface area (Å²) in [6, 6.07) is 20.1. The van der Waals surface area contributed by atoms with Gasteiger partial charge < -0.3 is 9.47 Å². The molecule has 0 aromatic heterocycles. The number of halogens is 3. The van der Waals surface area contributed by atoms with Crippen molar-refractivity contribution in [3.8, 4) is 17.2 Å². The van der Waals surface area contributed by atoms with Crippen molar-refractivity contribution in [3.05, 3.63) is 102 Å². The van der Waals surface area contributed by atoms with Crippen molar-refractivity contribution in [3.63, 3.8) is 0 Å². The number of alkyl halides is 2. The Bertz CT molecular complexity index is 993. The third-order valence-electron chi connectivity index (χ3n) is 4.75. The molecule has 0 aliphatic carbocycles. The van der Waals surface area contributed by atoms with E-state index in [0.717, 1.165) is 12.5 Å². The molecule has 3 aromatic rings. The molecule has 0 saturated carbocycles. The highest BCUT2D eigenvalue weighted by Gasteiger charge is 2.33. The van der Waals surface area contributed by atoms with Crippen LogP contribution in [0, 0.1) is 5.82 Å². The number of hydrogen-bond acceptors (Lipinski definition) is 2. The zero-order valence-corrected chi connectivity index (χ0v) is 17.5. The van der Waals surface area contributed by atoms with Gasteiger partial charge in [-0.05, 0) is 60.9 Å². The summed E-state index contributed by atoms with van der Waals surface area (Å²) in [6.45, 7) is 3.29. The second-order valence-corrected chi connectivity index (χ2v) is 7.25. The maximum atomic E-state index is 14.3. The quantitative estimate of drug-likeness (QED) is 0.329. The predicted octanol–water partition coefficient (Wildman–Crippen LogP) is 7.55. The van der Waals surface area contributed by atoms with Crippen LogP contribution < -0.4 is 9.47 Å². The molecule has 1 unspecified atom stereocenters. The molecule has 0 heterocycles. The van der Waals surface area contributed by atoms with E-state index >= 15 is 0 Å². The van der Waals surface area contributed by atoms with Crippen LogP contribution in [-0.2, 0) is 6.42 Å².